The molecule has 0 saturated heterocycles. The Labute approximate surface area is 106 Å². The van der Waals surface area contributed by atoms with Gasteiger partial charge in [0.1, 0.15) is 17.3 Å². The topological polar surface area (TPSA) is 34.4 Å². The van der Waals surface area contributed by atoms with Crippen molar-refractivity contribution in [2.24, 2.45) is 0 Å². The van der Waals surface area contributed by atoms with E-state index in [-0.39, 0.29) is 11.9 Å². The molecule has 0 bridgehead atoms. The first-order chi connectivity index (χ1) is 8.67. The standard InChI is InChI=1S/C14H16FNO2/c1-9-11(6-7-18-9)14(16-2)12-8-10(15)4-5-13(12)17-3/h4-8,14,16H,1-3H3. The second-order valence-corrected chi connectivity index (χ2v) is 4.04. The maximum absolute atomic E-state index is 13.4. The normalized spacial score (nSPS) is 12.4. The van der Waals surface area contributed by atoms with Crippen LogP contribution < -0.4 is 10.1 Å². The largest absolute Gasteiger partial charge is 0.496 e. The number of benzene rings is 1. The molecule has 1 aromatic carbocycles. The molecule has 96 valence electrons. The number of ether oxygens (including phenoxy) is 1. The van der Waals surface area contributed by atoms with Crippen molar-refractivity contribution in [3.8, 4) is 5.75 Å². The van der Waals surface area contributed by atoms with E-state index in [1.54, 1.807) is 19.4 Å². The molecule has 3 nitrogen and oxygen atoms in total. The van der Waals surface area contributed by atoms with Crippen LogP contribution in [0.4, 0.5) is 4.39 Å². The van der Waals surface area contributed by atoms with Crippen molar-refractivity contribution in [2.45, 2.75) is 13.0 Å². The molecule has 0 aliphatic carbocycles. The van der Waals surface area contributed by atoms with Crippen LogP contribution in [0.5, 0.6) is 5.75 Å². The Kier molecular flexibility index (Phi) is 3.67. The molecule has 0 aliphatic heterocycles. The molecule has 0 amide bonds. The van der Waals surface area contributed by atoms with Gasteiger partial charge in [0.2, 0.25) is 0 Å². The molecular formula is C14H16FNO2. The number of nitrogens with one attached hydrogen (secondary N) is 1. The fourth-order valence-corrected chi connectivity index (χ4v) is 2.10. The van der Waals surface area contributed by atoms with Gasteiger partial charge < -0.3 is 14.5 Å². The summed E-state index contributed by atoms with van der Waals surface area (Å²) in [6.07, 6.45) is 1.63. The monoisotopic (exact) mass is 249 g/mol. The first-order valence-electron chi connectivity index (χ1n) is 5.72. The predicted octanol–water partition coefficient (Wildman–Crippen LogP) is 3.04. The smallest absolute Gasteiger partial charge is 0.124 e. The Balaban J connectivity index is 2.51. The van der Waals surface area contributed by atoms with E-state index in [2.05, 4.69) is 5.32 Å². The number of hydrogen-bond acceptors (Lipinski definition) is 3. The maximum atomic E-state index is 13.4. The third-order valence-corrected chi connectivity index (χ3v) is 3.00. The highest BCUT2D eigenvalue weighted by molar-refractivity contribution is 5.42. The highest BCUT2D eigenvalue weighted by Gasteiger charge is 2.20. The second kappa shape index (κ2) is 5.23. The number of hydrogen-bond donors (Lipinski definition) is 1. The first-order valence-corrected chi connectivity index (χ1v) is 5.72. The van der Waals surface area contributed by atoms with Crippen molar-refractivity contribution in [3.05, 3.63) is 53.2 Å². The Morgan fingerprint density at radius 1 is 1.28 bits per heavy atom. The molecule has 1 aromatic heterocycles. The summed E-state index contributed by atoms with van der Waals surface area (Å²) in [6, 6.07) is 6.21. The summed E-state index contributed by atoms with van der Waals surface area (Å²) in [6.45, 7) is 1.88. The summed E-state index contributed by atoms with van der Waals surface area (Å²) < 4.78 is 24.0. The van der Waals surface area contributed by atoms with Gasteiger partial charge in [-0.2, -0.15) is 0 Å². The van der Waals surface area contributed by atoms with E-state index < -0.39 is 0 Å². The minimum absolute atomic E-state index is 0.158. The molecule has 1 unspecified atom stereocenters. The Morgan fingerprint density at radius 2 is 2.06 bits per heavy atom. The van der Waals surface area contributed by atoms with Gasteiger partial charge in [-0.1, -0.05) is 0 Å². The molecule has 0 spiro atoms. The molecule has 18 heavy (non-hydrogen) atoms. The predicted molar refractivity (Wildman–Crippen MR) is 67.3 cm³/mol. The summed E-state index contributed by atoms with van der Waals surface area (Å²) in [5, 5.41) is 3.16. The molecule has 2 aromatic rings. The van der Waals surface area contributed by atoms with Crippen molar-refractivity contribution in [3.63, 3.8) is 0 Å². The van der Waals surface area contributed by atoms with Crippen molar-refractivity contribution in [1.29, 1.82) is 0 Å². The molecule has 2 rings (SSSR count). The van der Waals surface area contributed by atoms with Crippen LogP contribution in [-0.2, 0) is 0 Å². The zero-order chi connectivity index (χ0) is 13.1. The second-order valence-electron chi connectivity index (χ2n) is 4.04. The van der Waals surface area contributed by atoms with Crippen molar-refractivity contribution >= 4 is 0 Å². The number of methoxy groups -OCH3 is 1. The fraction of sp³-hybridized carbons (Fsp3) is 0.286. The first kappa shape index (κ1) is 12.6. The third kappa shape index (κ3) is 2.24. The van der Waals surface area contributed by atoms with Gasteiger partial charge >= 0.3 is 0 Å². The van der Waals surface area contributed by atoms with Gasteiger partial charge in [0.25, 0.3) is 0 Å². The van der Waals surface area contributed by atoms with Gasteiger partial charge in [-0.25, -0.2) is 4.39 Å². The van der Waals surface area contributed by atoms with Gasteiger partial charge in [-0.3, -0.25) is 0 Å². The molecule has 0 saturated carbocycles. The molecule has 1 heterocycles. The van der Waals surface area contributed by atoms with Crippen molar-refractivity contribution in [1.82, 2.24) is 5.32 Å². The molecular weight excluding hydrogens is 233 g/mol. The van der Waals surface area contributed by atoms with Gasteiger partial charge in [0, 0.05) is 11.1 Å². The van der Waals surface area contributed by atoms with Crippen LogP contribution in [0.1, 0.15) is 22.9 Å². The van der Waals surface area contributed by atoms with Crippen LogP contribution in [0, 0.1) is 12.7 Å². The summed E-state index contributed by atoms with van der Waals surface area (Å²) in [4.78, 5) is 0. The Bertz CT molecular complexity index is 536. The van der Waals surface area contributed by atoms with Crippen molar-refractivity contribution < 1.29 is 13.5 Å². The highest BCUT2D eigenvalue weighted by atomic mass is 19.1. The molecule has 1 N–H and O–H groups in total. The lowest BCUT2D eigenvalue weighted by Gasteiger charge is -2.19. The van der Waals surface area contributed by atoms with Crippen LogP contribution in [0.2, 0.25) is 0 Å². The lowest BCUT2D eigenvalue weighted by Crippen LogP contribution is -2.18. The summed E-state index contributed by atoms with van der Waals surface area (Å²) in [5.74, 6) is 1.17. The average Bonchev–Trinajstić information content (AvgIpc) is 2.77. The maximum Gasteiger partial charge on any atom is 0.124 e. The SMILES string of the molecule is CNC(c1cc(F)ccc1OC)c1ccoc1C. The van der Waals surface area contributed by atoms with E-state index in [9.17, 15) is 4.39 Å². The number of rotatable bonds is 4. The summed E-state index contributed by atoms with van der Waals surface area (Å²) >= 11 is 0. The van der Waals surface area contributed by atoms with Gasteiger partial charge in [-0.15, -0.1) is 0 Å². The highest BCUT2D eigenvalue weighted by Crippen LogP contribution is 2.32. The molecule has 4 heteroatoms. The lowest BCUT2D eigenvalue weighted by molar-refractivity contribution is 0.403. The van der Waals surface area contributed by atoms with E-state index in [4.69, 9.17) is 9.15 Å². The number of aryl methyl sites for hydroxylation is 1. The Morgan fingerprint density at radius 3 is 2.61 bits per heavy atom. The van der Waals surface area contributed by atoms with Crippen LogP contribution in [0.25, 0.3) is 0 Å². The van der Waals surface area contributed by atoms with Crippen LogP contribution in [0.15, 0.2) is 34.9 Å². The van der Waals surface area contributed by atoms with Gasteiger partial charge in [0.05, 0.1) is 19.4 Å². The Hall–Kier alpha value is -1.81. The molecule has 1 atom stereocenters. The molecule has 0 aliphatic rings. The van der Waals surface area contributed by atoms with Crippen LogP contribution in [0.3, 0.4) is 0 Å². The van der Waals surface area contributed by atoms with Gasteiger partial charge in [-0.05, 0) is 38.2 Å². The average molecular weight is 249 g/mol. The minimum Gasteiger partial charge on any atom is -0.496 e. The fourth-order valence-electron chi connectivity index (χ4n) is 2.10. The number of halogens is 1. The van der Waals surface area contributed by atoms with Crippen LogP contribution in [-0.4, -0.2) is 14.2 Å². The summed E-state index contributed by atoms with van der Waals surface area (Å²) in [7, 11) is 3.40. The zero-order valence-electron chi connectivity index (χ0n) is 10.7. The lowest BCUT2D eigenvalue weighted by atomic mass is 9.98. The quantitative estimate of drug-likeness (QED) is 0.904. The molecule has 0 fully saturated rings. The van der Waals surface area contributed by atoms with E-state index in [0.717, 1.165) is 16.9 Å². The zero-order valence-corrected chi connectivity index (χ0v) is 10.7. The molecule has 0 radical (unpaired) electrons. The third-order valence-electron chi connectivity index (χ3n) is 3.00. The van der Waals surface area contributed by atoms with E-state index in [1.807, 2.05) is 20.0 Å². The summed E-state index contributed by atoms with van der Waals surface area (Å²) in [5.41, 5.74) is 1.73. The van der Waals surface area contributed by atoms with E-state index in [0.29, 0.717) is 5.75 Å². The van der Waals surface area contributed by atoms with E-state index >= 15 is 0 Å². The van der Waals surface area contributed by atoms with Gasteiger partial charge in [0.15, 0.2) is 0 Å². The number of furan rings is 1. The van der Waals surface area contributed by atoms with E-state index in [1.165, 1.54) is 12.1 Å². The van der Waals surface area contributed by atoms with Crippen molar-refractivity contribution in [2.75, 3.05) is 14.2 Å². The van der Waals surface area contributed by atoms with Crippen LogP contribution >= 0.6 is 0 Å². The minimum atomic E-state index is -0.285.